The third-order valence-corrected chi connectivity index (χ3v) is 7.33. The molecule has 188 valence electrons. The number of benzene rings is 3. The number of aromatic nitrogens is 1. The van der Waals surface area contributed by atoms with E-state index < -0.39 is 17.7 Å². The fraction of sp³-hybridized carbons (Fsp3) is 0.207. The fourth-order valence-corrected chi connectivity index (χ4v) is 5.55. The van der Waals surface area contributed by atoms with Gasteiger partial charge in [0.25, 0.3) is 5.78 Å². The summed E-state index contributed by atoms with van der Waals surface area (Å²) in [7, 11) is 1.53. The summed E-state index contributed by atoms with van der Waals surface area (Å²) in [4.78, 5) is 33.0. The van der Waals surface area contributed by atoms with Gasteiger partial charge in [-0.2, -0.15) is 0 Å². The number of aliphatic hydroxyl groups is 1. The number of anilines is 1. The quantitative estimate of drug-likeness (QED) is 0.194. The van der Waals surface area contributed by atoms with Gasteiger partial charge in [-0.05, 0) is 56.2 Å². The second-order valence-corrected chi connectivity index (χ2v) is 9.86. The minimum atomic E-state index is -0.910. The van der Waals surface area contributed by atoms with Gasteiger partial charge in [0.1, 0.15) is 5.76 Å². The number of hydrogen-bond donors (Lipinski definition) is 1. The van der Waals surface area contributed by atoms with Crippen LogP contribution in [-0.2, 0) is 9.59 Å². The summed E-state index contributed by atoms with van der Waals surface area (Å²) in [5.74, 6) is -0.760. The Labute approximate surface area is 218 Å². The van der Waals surface area contributed by atoms with Crippen molar-refractivity contribution >= 4 is 44.1 Å². The molecule has 0 radical (unpaired) electrons. The highest BCUT2D eigenvalue weighted by Crippen LogP contribution is 2.46. The molecule has 7 nitrogen and oxygen atoms in total. The lowest BCUT2D eigenvalue weighted by Crippen LogP contribution is -2.29. The van der Waals surface area contributed by atoms with E-state index in [2.05, 4.69) is 4.98 Å². The van der Waals surface area contributed by atoms with Gasteiger partial charge in [0.2, 0.25) is 0 Å². The lowest BCUT2D eigenvalue weighted by Gasteiger charge is -2.24. The van der Waals surface area contributed by atoms with Gasteiger partial charge in [0.15, 0.2) is 16.6 Å². The summed E-state index contributed by atoms with van der Waals surface area (Å²) in [6.45, 7) is 6.24. The van der Waals surface area contributed by atoms with E-state index >= 15 is 0 Å². The Kier molecular flexibility index (Phi) is 6.43. The summed E-state index contributed by atoms with van der Waals surface area (Å²) in [5, 5.41) is 11.7. The number of aryl methyl sites for hydroxylation is 2. The van der Waals surface area contributed by atoms with Gasteiger partial charge in [-0.1, -0.05) is 53.3 Å². The highest BCUT2D eigenvalue weighted by Gasteiger charge is 2.48. The zero-order valence-electron chi connectivity index (χ0n) is 20.9. The maximum absolute atomic E-state index is 13.5. The van der Waals surface area contributed by atoms with Crippen molar-refractivity contribution in [3.05, 3.63) is 88.5 Å². The van der Waals surface area contributed by atoms with Crippen LogP contribution in [0.2, 0.25) is 0 Å². The molecule has 2 heterocycles. The van der Waals surface area contributed by atoms with Crippen molar-refractivity contribution in [2.75, 3.05) is 18.6 Å². The molecule has 1 aliphatic heterocycles. The van der Waals surface area contributed by atoms with Crippen LogP contribution in [0.3, 0.4) is 0 Å². The largest absolute Gasteiger partial charge is 0.507 e. The fourth-order valence-electron chi connectivity index (χ4n) is 4.46. The van der Waals surface area contributed by atoms with Gasteiger partial charge in [-0.25, -0.2) is 4.98 Å². The van der Waals surface area contributed by atoms with E-state index in [1.807, 2.05) is 51.1 Å². The van der Waals surface area contributed by atoms with Gasteiger partial charge in [-0.3, -0.25) is 14.5 Å². The van der Waals surface area contributed by atoms with Crippen molar-refractivity contribution in [1.29, 1.82) is 0 Å². The standard InChI is InChI=1S/C29H26N2O5S/c1-5-36-21-13-11-19(15-22(21)35-4)25-24(26(32)18-9-6-16(2)7-10-18)27(33)28(34)31(25)29-30-20-12-8-17(3)14-23(20)37-29/h6-15,25,32H,5H2,1-4H3/b26-24+. The van der Waals surface area contributed by atoms with Gasteiger partial charge < -0.3 is 14.6 Å². The molecule has 3 aromatic carbocycles. The Morgan fingerprint density at radius 1 is 1.00 bits per heavy atom. The maximum atomic E-state index is 13.5. The van der Waals surface area contributed by atoms with Gasteiger partial charge >= 0.3 is 5.91 Å². The van der Waals surface area contributed by atoms with Crippen molar-refractivity contribution in [1.82, 2.24) is 4.98 Å². The van der Waals surface area contributed by atoms with E-state index in [1.165, 1.54) is 23.3 Å². The molecule has 8 heteroatoms. The van der Waals surface area contributed by atoms with Gasteiger partial charge in [-0.15, -0.1) is 0 Å². The van der Waals surface area contributed by atoms with Gasteiger partial charge in [0.05, 0.1) is 35.5 Å². The molecule has 0 aliphatic carbocycles. The summed E-state index contributed by atoms with van der Waals surface area (Å²) < 4.78 is 12.1. The van der Waals surface area contributed by atoms with Crippen LogP contribution in [0.4, 0.5) is 5.13 Å². The number of thiazole rings is 1. The first-order chi connectivity index (χ1) is 17.8. The second kappa shape index (κ2) is 9.71. The van der Waals surface area contributed by atoms with Crippen LogP contribution in [0, 0.1) is 13.8 Å². The van der Waals surface area contributed by atoms with Crippen molar-refractivity contribution < 1.29 is 24.2 Å². The number of ketones is 1. The molecule has 1 aliphatic rings. The minimum absolute atomic E-state index is 0.00416. The number of carbonyl (C=O) groups is 2. The predicted molar refractivity (Wildman–Crippen MR) is 144 cm³/mol. The van der Waals surface area contributed by atoms with E-state index in [4.69, 9.17) is 9.47 Å². The third kappa shape index (κ3) is 4.34. The number of Topliss-reactive ketones (excluding diaryl/α,β-unsaturated/α-hetero) is 1. The van der Waals surface area contributed by atoms with E-state index in [1.54, 1.807) is 30.3 Å². The number of carbonyl (C=O) groups excluding carboxylic acids is 2. The second-order valence-electron chi connectivity index (χ2n) is 8.85. The molecule has 1 amide bonds. The molecule has 5 rings (SSSR count). The molecular weight excluding hydrogens is 488 g/mol. The zero-order chi connectivity index (χ0) is 26.3. The lowest BCUT2D eigenvalue weighted by atomic mass is 9.95. The van der Waals surface area contributed by atoms with Crippen molar-refractivity contribution in [3.8, 4) is 11.5 Å². The molecule has 1 atom stereocenters. The van der Waals surface area contributed by atoms with Crippen LogP contribution < -0.4 is 14.4 Å². The number of aliphatic hydroxyl groups excluding tert-OH is 1. The molecule has 0 saturated carbocycles. The molecule has 37 heavy (non-hydrogen) atoms. The Balaban J connectivity index is 1.73. The Bertz CT molecular complexity index is 1550. The molecule has 1 unspecified atom stereocenters. The molecule has 1 aromatic heterocycles. The highest BCUT2D eigenvalue weighted by atomic mass is 32.1. The SMILES string of the molecule is CCOc1ccc(C2/C(=C(\O)c3ccc(C)cc3)C(=O)C(=O)N2c2nc3ccc(C)cc3s2)cc1OC. The molecule has 1 N–H and O–H groups in total. The molecule has 1 saturated heterocycles. The highest BCUT2D eigenvalue weighted by molar-refractivity contribution is 7.22. The lowest BCUT2D eigenvalue weighted by molar-refractivity contribution is -0.132. The van der Waals surface area contributed by atoms with Gasteiger partial charge in [0, 0.05) is 5.56 Å². The minimum Gasteiger partial charge on any atom is -0.507 e. The average molecular weight is 515 g/mol. The van der Waals surface area contributed by atoms with Crippen molar-refractivity contribution in [2.24, 2.45) is 0 Å². The van der Waals surface area contributed by atoms with Crippen LogP contribution in [-0.4, -0.2) is 35.5 Å². The number of methoxy groups -OCH3 is 1. The van der Waals surface area contributed by atoms with Crippen LogP contribution in [0.15, 0.2) is 66.2 Å². The van der Waals surface area contributed by atoms with Crippen LogP contribution in [0.1, 0.15) is 35.2 Å². The summed E-state index contributed by atoms with van der Waals surface area (Å²) in [5.41, 5.74) is 3.84. The Morgan fingerprint density at radius 3 is 2.43 bits per heavy atom. The summed E-state index contributed by atoms with van der Waals surface area (Å²) in [6, 6.07) is 17.3. The summed E-state index contributed by atoms with van der Waals surface area (Å²) >= 11 is 1.33. The monoisotopic (exact) mass is 514 g/mol. The molecule has 0 bridgehead atoms. The van der Waals surface area contributed by atoms with E-state index in [0.717, 1.165) is 21.3 Å². The summed E-state index contributed by atoms with van der Waals surface area (Å²) in [6.07, 6.45) is 0. The zero-order valence-corrected chi connectivity index (χ0v) is 21.8. The van der Waals surface area contributed by atoms with E-state index in [0.29, 0.717) is 34.4 Å². The molecule has 1 fully saturated rings. The molecular formula is C29H26N2O5S. The van der Waals surface area contributed by atoms with E-state index in [-0.39, 0.29) is 11.3 Å². The molecule has 0 spiro atoms. The number of ether oxygens (including phenoxy) is 2. The van der Waals surface area contributed by atoms with Crippen molar-refractivity contribution in [2.45, 2.75) is 26.8 Å². The normalized spacial score (nSPS) is 17.0. The number of amides is 1. The van der Waals surface area contributed by atoms with Crippen molar-refractivity contribution in [3.63, 3.8) is 0 Å². The maximum Gasteiger partial charge on any atom is 0.301 e. The topological polar surface area (TPSA) is 89.0 Å². The van der Waals surface area contributed by atoms with E-state index in [9.17, 15) is 14.7 Å². The number of rotatable bonds is 6. The Morgan fingerprint density at radius 2 is 1.73 bits per heavy atom. The first-order valence-corrected chi connectivity index (χ1v) is 12.7. The first-order valence-electron chi connectivity index (χ1n) is 11.9. The smallest absolute Gasteiger partial charge is 0.301 e. The van der Waals surface area contributed by atoms with Crippen LogP contribution in [0.25, 0.3) is 16.0 Å². The predicted octanol–water partition coefficient (Wildman–Crippen LogP) is 5.95. The number of fused-ring (bicyclic) bond motifs is 1. The van der Waals surface area contributed by atoms with Crippen LogP contribution >= 0.6 is 11.3 Å². The Hall–Kier alpha value is -4.17. The first kappa shape index (κ1) is 24.5. The average Bonchev–Trinajstić information content (AvgIpc) is 3.42. The number of hydrogen-bond acceptors (Lipinski definition) is 7. The van der Waals surface area contributed by atoms with Crippen LogP contribution in [0.5, 0.6) is 11.5 Å². The molecule has 4 aromatic rings. The third-order valence-electron chi connectivity index (χ3n) is 6.31. The number of nitrogens with zero attached hydrogens (tertiary/aromatic N) is 2.